The van der Waals surface area contributed by atoms with Crippen LogP contribution in [0.5, 0.6) is 11.5 Å². The molecule has 0 saturated heterocycles. The number of carbonyl (C=O) groups excluding carboxylic acids is 2. The van der Waals surface area contributed by atoms with Gasteiger partial charge in [0.05, 0.1) is 21.9 Å². The molecule has 0 atom stereocenters. The maximum atomic E-state index is 12.2. The highest BCUT2D eigenvalue weighted by Gasteiger charge is 2.17. The molecular formula is C20H13Br2N3O7. The van der Waals surface area contributed by atoms with Gasteiger partial charge in [-0.2, -0.15) is 5.10 Å². The number of hydrazone groups is 1. The molecule has 2 aromatic carbocycles. The number of nitrogens with one attached hydrogen (secondary N) is 1. The Hall–Kier alpha value is -3.51. The van der Waals surface area contributed by atoms with Crippen molar-refractivity contribution in [1.29, 1.82) is 0 Å². The van der Waals surface area contributed by atoms with Crippen LogP contribution in [0.15, 0.2) is 73.3 Å². The van der Waals surface area contributed by atoms with Crippen molar-refractivity contribution in [1.82, 2.24) is 5.43 Å². The summed E-state index contributed by atoms with van der Waals surface area (Å²) in [5, 5.41) is 14.8. The fourth-order valence-electron chi connectivity index (χ4n) is 2.40. The Labute approximate surface area is 197 Å². The minimum Gasteiger partial charge on any atom is -0.477 e. The van der Waals surface area contributed by atoms with Crippen molar-refractivity contribution < 1.29 is 28.4 Å². The van der Waals surface area contributed by atoms with Gasteiger partial charge in [0.15, 0.2) is 18.1 Å². The van der Waals surface area contributed by atoms with Gasteiger partial charge in [-0.05, 0) is 46.3 Å². The predicted octanol–water partition coefficient (Wildman–Crippen LogP) is 4.46. The fraction of sp³-hybridized carbons (Fsp3) is 0.0500. The number of carbonyl (C=O) groups is 2. The van der Waals surface area contributed by atoms with Crippen molar-refractivity contribution in [2.24, 2.45) is 5.10 Å². The Morgan fingerprint density at radius 2 is 1.97 bits per heavy atom. The first-order valence-corrected chi connectivity index (χ1v) is 10.4. The number of hydrogen-bond acceptors (Lipinski definition) is 8. The summed E-state index contributed by atoms with van der Waals surface area (Å²) in [6.07, 6.45) is 2.61. The molecule has 164 valence electrons. The van der Waals surface area contributed by atoms with Crippen LogP contribution in [0.3, 0.4) is 0 Å². The number of nitro benzene ring substituents is 1. The van der Waals surface area contributed by atoms with E-state index in [1.54, 1.807) is 24.3 Å². The smallest absolute Gasteiger partial charge is 0.379 e. The third kappa shape index (κ3) is 6.02. The van der Waals surface area contributed by atoms with Crippen molar-refractivity contribution in [3.05, 3.63) is 85.2 Å². The number of rotatable bonds is 8. The highest BCUT2D eigenvalue weighted by atomic mass is 79.9. The van der Waals surface area contributed by atoms with Gasteiger partial charge in [0.1, 0.15) is 0 Å². The minimum absolute atomic E-state index is 0.0168. The van der Waals surface area contributed by atoms with Crippen molar-refractivity contribution in [3.8, 4) is 11.5 Å². The minimum atomic E-state index is -0.713. The highest BCUT2D eigenvalue weighted by molar-refractivity contribution is 9.11. The average molecular weight is 567 g/mol. The molecule has 1 amide bonds. The predicted molar refractivity (Wildman–Crippen MR) is 120 cm³/mol. The van der Waals surface area contributed by atoms with Gasteiger partial charge in [-0.3, -0.25) is 14.9 Å². The van der Waals surface area contributed by atoms with Crippen LogP contribution >= 0.6 is 31.9 Å². The maximum Gasteiger partial charge on any atom is 0.379 e. The lowest BCUT2D eigenvalue weighted by atomic mass is 10.2. The van der Waals surface area contributed by atoms with Gasteiger partial charge >= 0.3 is 11.7 Å². The van der Waals surface area contributed by atoms with Gasteiger partial charge < -0.3 is 13.9 Å². The Bertz CT molecular complexity index is 1180. The van der Waals surface area contributed by atoms with E-state index in [0.717, 1.165) is 0 Å². The molecule has 3 rings (SSSR count). The zero-order valence-electron chi connectivity index (χ0n) is 16.0. The van der Waals surface area contributed by atoms with Gasteiger partial charge in [0, 0.05) is 16.1 Å². The van der Waals surface area contributed by atoms with Crippen LogP contribution in [0.1, 0.15) is 16.1 Å². The van der Waals surface area contributed by atoms with Crippen LogP contribution in [0.2, 0.25) is 0 Å². The van der Waals surface area contributed by atoms with E-state index in [1.807, 2.05) is 0 Å². The first-order chi connectivity index (χ1) is 15.3. The Balaban J connectivity index is 1.66. The highest BCUT2D eigenvalue weighted by Crippen LogP contribution is 2.32. The molecule has 1 N–H and O–H groups in total. The monoisotopic (exact) mass is 565 g/mol. The average Bonchev–Trinajstić information content (AvgIpc) is 3.29. The number of nitrogens with zero attached hydrogens (tertiary/aromatic N) is 2. The van der Waals surface area contributed by atoms with E-state index in [9.17, 15) is 19.7 Å². The normalized spacial score (nSPS) is 10.7. The lowest BCUT2D eigenvalue weighted by Gasteiger charge is -2.09. The maximum absolute atomic E-state index is 12.2. The molecule has 10 nitrogen and oxygen atoms in total. The SMILES string of the molecule is O=C(COc1ccccc1[N+](=O)[O-])N/N=C\c1cc(Br)cc(Br)c1OC(=O)c1ccco1. The standard InChI is InChI=1S/C20H13Br2N3O7/c21-13-8-12(19(14(22)9-13)32-20(27)17-6-3-7-30-17)10-23-24-18(26)11-31-16-5-2-1-4-15(16)25(28)29/h1-10H,11H2,(H,24,26)/b23-10-. The molecule has 12 heteroatoms. The number of nitro groups is 1. The fourth-order valence-corrected chi connectivity index (χ4v) is 3.74. The van der Waals surface area contributed by atoms with Crippen LogP contribution in [-0.2, 0) is 4.79 Å². The third-order valence-electron chi connectivity index (χ3n) is 3.77. The Morgan fingerprint density at radius 3 is 2.69 bits per heavy atom. The molecule has 0 bridgehead atoms. The van der Waals surface area contributed by atoms with E-state index in [2.05, 4.69) is 42.4 Å². The van der Waals surface area contributed by atoms with E-state index < -0.39 is 23.4 Å². The number of halogens is 2. The molecule has 0 radical (unpaired) electrons. The van der Waals surface area contributed by atoms with Gasteiger partial charge in [0.2, 0.25) is 5.76 Å². The molecule has 0 spiro atoms. The number of furan rings is 1. The van der Waals surface area contributed by atoms with Crippen molar-refractivity contribution >= 4 is 55.6 Å². The molecule has 32 heavy (non-hydrogen) atoms. The lowest BCUT2D eigenvalue weighted by Crippen LogP contribution is -2.24. The van der Waals surface area contributed by atoms with Crippen molar-refractivity contribution in [3.63, 3.8) is 0 Å². The zero-order chi connectivity index (χ0) is 23.1. The van der Waals surface area contributed by atoms with Gasteiger partial charge in [0.25, 0.3) is 5.91 Å². The molecule has 1 heterocycles. The summed E-state index contributed by atoms with van der Waals surface area (Å²) < 4.78 is 16.7. The molecule has 0 unspecified atom stereocenters. The van der Waals surface area contributed by atoms with Gasteiger partial charge in [-0.15, -0.1) is 0 Å². The molecule has 0 saturated carbocycles. The first kappa shape index (κ1) is 23.2. The van der Waals surface area contributed by atoms with Crippen molar-refractivity contribution in [2.45, 2.75) is 0 Å². The van der Waals surface area contributed by atoms with Gasteiger partial charge in [-0.25, -0.2) is 10.2 Å². The summed E-state index contributed by atoms with van der Waals surface area (Å²) in [6.45, 7) is -0.495. The Morgan fingerprint density at radius 1 is 1.19 bits per heavy atom. The number of benzene rings is 2. The third-order valence-corrected chi connectivity index (χ3v) is 4.81. The molecule has 3 aromatic rings. The molecular weight excluding hydrogens is 554 g/mol. The second kappa shape index (κ2) is 10.7. The van der Waals surface area contributed by atoms with E-state index in [1.165, 1.54) is 36.7 Å². The van der Waals surface area contributed by atoms with Crippen LogP contribution in [0.4, 0.5) is 5.69 Å². The summed E-state index contributed by atoms with van der Waals surface area (Å²) in [5.74, 6) is -1.23. The van der Waals surface area contributed by atoms with Crippen molar-refractivity contribution in [2.75, 3.05) is 6.61 Å². The molecule has 0 aliphatic carbocycles. The largest absolute Gasteiger partial charge is 0.477 e. The molecule has 1 aromatic heterocycles. The topological polar surface area (TPSA) is 133 Å². The molecule has 0 aliphatic rings. The second-order valence-corrected chi connectivity index (χ2v) is 7.75. The van der Waals surface area contributed by atoms with Crippen LogP contribution in [0.25, 0.3) is 0 Å². The summed E-state index contributed by atoms with van der Waals surface area (Å²) >= 11 is 6.65. The molecule has 0 fully saturated rings. The van der Waals surface area contributed by atoms with E-state index in [-0.39, 0.29) is 22.9 Å². The lowest BCUT2D eigenvalue weighted by molar-refractivity contribution is -0.385. The number of amides is 1. The summed E-state index contributed by atoms with van der Waals surface area (Å²) in [4.78, 5) is 34.6. The number of ether oxygens (including phenoxy) is 2. The van der Waals surface area contributed by atoms with Gasteiger partial charge in [-0.1, -0.05) is 28.1 Å². The summed E-state index contributed by atoms with van der Waals surface area (Å²) in [6, 6.07) is 12.0. The summed E-state index contributed by atoms with van der Waals surface area (Å²) in [7, 11) is 0. The quantitative estimate of drug-likeness (QED) is 0.140. The second-order valence-electron chi connectivity index (χ2n) is 5.98. The number of hydrogen-bond donors (Lipinski definition) is 1. The van der Waals surface area contributed by atoms with Crippen LogP contribution in [0, 0.1) is 10.1 Å². The zero-order valence-corrected chi connectivity index (χ0v) is 19.2. The van der Waals surface area contributed by atoms with E-state index >= 15 is 0 Å². The van der Waals surface area contributed by atoms with Crippen LogP contribution in [-0.4, -0.2) is 29.6 Å². The van der Waals surface area contributed by atoms with Crippen LogP contribution < -0.4 is 14.9 Å². The molecule has 0 aliphatic heterocycles. The van der Waals surface area contributed by atoms with E-state index in [0.29, 0.717) is 14.5 Å². The first-order valence-electron chi connectivity index (χ1n) is 8.78. The Kier molecular flexibility index (Phi) is 7.73. The number of esters is 1. The summed E-state index contributed by atoms with van der Waals surface area (Å²) in [5.41, 5.74) is 2.35. The number of para-hydroxylation sites is 2. The van der Waals surface area contributed by atoms with E-state index in [4.69, 9.17) is 13.9 Å².